The molecule has 5 rings (SSSR count). The monoisotopic (exact) mass is 637 g/mol. The Morgan fingerprint density at radius 2 is 1.74 bits per heavy atom. The fourth-order valence-corrected chi connectivity index (χ4v) is 6.56. The Hall–Kier alpha value is -2.63. The first-order valence-electron chi connectivity index (χ1n) is 16.0. The van der Waals surface area contributed by atoms with Gasteiger partial charge < -0.3 is 22.3 Å². The predicted octanol–water partition coefficient (Wildman–Crippen LogP) is -0.0166. The molecule has 0 saturated carbocycles. The summed E-state index contributed by atoms with van der Waals surface area (Å²) in [6.45, 7) is 8.74. The number of β-amino-alcohol motifs (C(OH)–C–C–N with tert-alkyl or cyclic N) is 1. The van der Waals surface area contributed by atoms with Gasteiger partial charge in [-0.3, -0.25) is 24.4 Å². The summed E-state index contributed by atoms with van der Waals surface area (Å²) in [7, 11) is 0. The van der Waals surface area contributed by atoms with Gasteiger partial charge in [0.2, 0.25) is 11.8 Å². The van der Waals surface area contributed by atoms with Gasteiger partial charge in [0.05, 0.1) is 18.2 Å². The molecule has 3 aromatic rings. The molecule has 1 aliphatic carbocycles. The van der Waals surface area contributed by atoms with Crippen LogP contribution in [0.25, 0.3) is 0 Å². The molecule has 242 valence electrons. The molecule has 46 heavy (non-hydrogen) atoms. The number of hydrogen-bond acceptors (Lipinski definition) is 7. The van der Waals surface area contributed by atoms with Crippen LogP contribution in [0.5, 0.6) is 0 Å². The van der Waals surface area contributed by atoms with E-state index in [1.165, 1.54) is 0 Å². The first-order valence-corrected chi connectivity index (χ1v) is 16.0. The zero-order chi connectivity index (χ0) is 32.0. The maximum atomic E-state index is 13.8. The minimum atomic E-state index is -0.833. The van der Waals surface area contributed by atoms with E-state index in [-0.39, 0.29) is 55.8 Å². The maximum absolute atomic E-state index is 13.8. The molecule has 2 heterocycles. The van der Waals surface area contributed by atoms with Crippen LogP contribution in [0, 0.1) is 5.92 Å². The van der Waals surface area contributed by atoms with Crippen LogP contribution in [0.15, 0.2) is 79.1 Å². The number of rotatable bonds is 11. The number of piperazine rings is 1. The fourth-order valence-electron chi connectivity index (χ4n) is 6.56. The van der Waals surface area contributed by atoms with Crippen molar-refractivity contribution < 1.29 is 50.8 Å². The average Bonchev–Trinajstić information content (AvgIpc) is 3.32. The molecule has 2 aromatic carbocycles. The summed E-state index contributed by atoms with van der Waals surface area (Å²) in [5.41, 5.74) is 3.68. The SMILES string of the molecule is CC(C)(C)NC(=O)[C@@H]1CN(Cc2cccnc2)CCN1CC(O)CC(Cc1ccccc1)C(=O)N[C@H]1c2ccccc2C[C@H]1O.[H-].[Na+]. The zero-order valence-electron chi connectivity index (χ0n) is 28.6. The molecule has 4 N–H and O–H groups in total. The molecule has 2 amide bonds. The van der Waals surface area contributed by atoms with Gasteiger partial charge in [-0.25, -0.2) is 0 Å². The van der Waals surface area contributed by atoms with Crippen molar-refractivity contribution in [2.75, 3.05) is 26.2 Å². The van der Waals surface area contributed by atoms with E-state index in [4.69, 9.17) is 0 Å². The summed E-state index contributed by atoms with van der Waals surface area (Å²) in [4.78, 5) is 35.9. The summed E-state index contributed by atoms with van der Waals surface area (Å²) in [5.74, 6) is -0.781. The Labute approximate surface area is 296 Å². The number of aliphatic hydroxyl groups is 2. The molecule has 1 saturated heterocycles. The van der Waals surface area contributed by atoms with E-state index in [0.29, 0.717) is 32.5 Å². The standard InChI is InChI=1S/C36H47N5O4.Na.H/c1-36(2,3)39-35(45)31-24-40(22-26-12-9-15-37-21-26)16-17-41(31)23-29(42)19-28(18-25-10-5-4-6-11-25)34(44)38-33-30-14-8-7-13-27(30)20-32(33)43;;/h4-15,21,28-29,31-33,42-43H,16-20,22-24H2,1-3H3,(H,38,44)(H,39,45);;/q;+1;-1/t28?,29?,31-,32+,33-;;/m0../s1. The van der Waals surface area contributed by atoms with E-state index in [1.807, 2.05) is 93.7 Å². The van der Waals surface area contributed by atoms with Crippen LogP contribution in [0.4, 0.5) is 0 Å². The smallest absolute Gasteiger partial charge is 1.00 e. The minimum absolute atomic E-state index is 0. The van der Waals surface area contributed by atoms with Gasteiger partial charge >= 0.3 is 29.6 Å². The van der Waals surface area contributed by atoms with E-state index in [1.54, 1.807) is 6.20 Å². The largest absolute Gasteiger partial charge is 1.00 e. The first-order chi connectivity index (χ1) is 21.6. The molecule has 0 spiro atoms. The number of fused-ring (bicyclic) bond motifs is 1. The van der Waals surface area contributed by atoms with Gasteiger partial charge in [-0.1, -0.05) is 60.7 Å². The molecule has 0 radical (unpaired) electrons. The second-order valence-electron chi connectivity index (χ2n) is 13.6. The Bertz CT molecular complexity index is 1430. The first kappa shape index (κ1) is 36.2. The number of amides is 2. The Morgan fingerprint density at radius 3 is 2.46 bits per heavy atom. The molecule has 1 fully saturated rings. The summed E-state index contributed by atoms with van der Waals surface area (Å²) in [5, 5.41) is 28.5. The summed E-state index contributed by atoms with van der Waals surface area (Å²) >= 11 is 0. The number of pyridine rings is 1. The van der Waals surface area contributed by atoms with Gasteiger partial charge in [0.1, 0.15) is 6.04 Å². The molecule has 9 nitrogen and oxygen atoms in total. The number of aliphatic hydroxyl groups excluding tert-OH is 2. The van der Waals surface area contributed by atoms with Crippen LogP contribution < -0.4 is 40.2 Å². The van der Waals surface area contributed by atoms with E-state index in [2.05, 4.69) is 25.4 Å². The van der Waals surface area contributed by atoms with Gasteiger partial charge in [-0.2, -0.15) is 0 Å². The van der Waals surface area contributed by atoms with Crippen molar-refractivity contribution in [1.29, 1.82) is 0 Å². The van der Waals surface area contributed by atoms with Crippen LogP contribution in [-0.4, -0.2) is 86.8 Å². The van der Waals surface area contributed by atoms with Gasteiger partial charge in [0, 0.05) is 63.0 Å². The molecule has 2 aliphatic rings. The van der Waals surface area contributed by atoms with Crippen LogP contribution in [-0.2, 0) is 29.0 Å². The number of benzene rings is 2. The Morgan fingerprint density at radius 1 is 1.02 bits per heavy atom. The molecule has 5 atom stereocenters. The van der Waals surface area contributed by atoms with Crippen molar-refractivity contribution in [1.82, 2.24) is 25.4 Å². The van der Waals surface area contributed by atoms with E-state index < -0.39 is 35.7 Å². The van der Waals surface area contributed by atoms with E-state index >= 15 is 0 Å². The molecule has 1 aliphatic heterocycles. The molecule has 0 bridgehead atoms. The van der Waals surface area contributed by atoms with Gasteiger partial charge in [0.15, 0.2) is 0 Å². The number of nitrogens with one attached hydrogen (secondary N) is 2. The number of nitrogens with zero attached hydrogens (tertiary/aromatic N) is 3. The third-order valence-corrected chi connectivity index (χ3v) is 8.70. The van der Waals surface area contributed by atoms with Crippen molar-refractivity contribution in [3.8, 4) is 0 Å². The summed E-state index contributed by atoms with van der Waals surface area (Å²) in [6, 6.07) is 20.6. The minimum Gasteiger partial charge on any atom is -1.00 e. The third-order valence-electron chi connectivity index (χ3n) is 8.70. The molecular weight excluding hydrogens is 589 g/mol. The van der Waals surface area contributed by atoms with Crippen molar-refractivity contribution in [3.05, 3.63) is 101 Å². The molecule has 1 aromatic heterocycles. The van der Waals surface area contributed by atoms with Crippen LogP contribution >= 0.6 is 0 Å². The average molecular weight is 638 g/mol. The molecular formula is C36H48N5NaO4. The molecule has 10 heteroatoms. The van der Waals surface area contributed by atoms with Crippen LogP contribution in [0.1, 0.15) is 56.9 Å². The quantitative estimate of drug-likeness (QED) is 0.219. The Balaban J connectivity index is 0.00000300. The summed E-state index contributed by atoms with van der Waals surface area (Å²) in [6.07, 6.45) is 3.26. The van der Waals surface area contributed by atoms with Crippen molar-refractivity contribution in [3.63, 3.8) is 0 Å². The van der Waals surface area contributed by atoms with Crippen molar-refractivity contribution in [2.24, 2.45) is 5.92 Å². The van der Waals surface area contributed by atoms with Gasteiger partial charge in [0.25, 0.3) is 0 Å². The van der Waals surface area contributed by atoms with Gasteiger partial charge in [-0.15, -0.1) is 0 Å². The number of carbonyl (C=O) groups is 2. The topological polar surface area (TPSA) is 118 Å². The molecule has 2 unspecified atom stereocenters. The number of aromatic nitrogens is 1. The maximum Gasteiger partial charge on any atom is 1.00 e. The van der Waals surface area contributed by atoms with E-state index in [9.17, 15) is 19.8 Å². The van der Waals surface area contributed by atoms with E-state index in [0.717, 1.165) is 28.8 Å². The number of hydrogen-bond donors (Lipinski definition) is 4. The normalized spacial score (nSPS) is 21.5. The summed E-state index contributed by atoms with van der Waals surface area (Å²) < 4.78 is 0. The van der Waals surface area contributed by atoms with Gasteiger partial charge in [-0.05, 0) is 61.9 Å². The predicted molar refractivity (Wildman–Crippen MR) is 175 cm³/mol. The second kappa shape index (κ2) is 16.5. The van der Waals surface area contributed by atoms with Crippen molar-refractivity contribution in [2.45, 2.75) is 76.4 Å². The second-order valence-corrected chi connectivity index (χ2v) is 13.6. The zero-order valence-corrected chi connectivity index (χ0v) is 29.6. The third kappa shape index (κ3) is 9.94. The van der Waals surface area contributed by atoms with Crippen LogP contribution in [0.3, 0.4) is 0 Å². The Kier molecular flexibility index (Phi) is 13.0. The number of carbonyl (C=O) groups excluding carboxylic acids is 2. The van der Waals surface area contributed by atoms with Crippen molar-refractivity contribution >= 4 is 11.8 Å². The fraction of sp³-hybridized carbons (Fsp3) is 0.472. The van der Waals surface area contributed by atoms with Crippen LogP contribution in [0.2, 0.25) is 0 Å².